The number of ether oxygens (including phenoxy) is 1. The minimum atomic E-state index is -3.64. The summed E-state index contributed by atoms with van der Waals surface area (Å²) in [5.74, 6) is 0.205. The quantitative estimate of drug-likeness (QED) is 0.484. The molecule has 0 N–H and O–H groups in total. The smallest absolute Gasteiger partial charge is 0.260 e. The van der Waals surface area contributed by atoms with E-state index in [9.17, 15) is 8.42 Å². The lowest BCUT2D eigenvalue weighted by Gasteiger charge is -2.57. The van der Waals surface area contributed by atoms with Crippen LogP contribution in [-0.2, 0) is 21.8 Å². The van der Waals surface area contributed by atoms with Crippen molar-refractivity contribution in [3.8, 4) is 11.1 Å². The summed E-state index contributed by atoms with van der Waals surface area (Å²) in [5, 5.41) is 4.55. The average molecular weight is 523 g/mol. The SMILES string of the molecule is COC[C@@H]1[C@@H](c2ccc(-c3cccc(C)c3C)cc2)C2CN(S(=O)(=O)c3cc(C)nn3C)CCCCN21. The second-order valence-corrected chi connectivity index (χ2v) is 12.4. The van der Waals surface area contributed by atoms with Crippen LogP contribution in [0.25, 0.3) is 11.1 Å². The third-order valence-corrected chi connectivity index (χ3v) is 10.2. The van der Waals surface area contributed by atoms with Crippen LogP contribution in [0.5, 0.6) is 0 Å². The topological polar surface area (TPSA) is 67.7 Å². The third-order valence-electron chi connectivity index (χ3n) is 8.26. The highest BCUT2D eigenvalue weighted by atomic mass is 32.2. The molecule has 3 aromatic rings. The van der Waals surface area contributed by atoms with Crippen LogP contribution >= 0.6 is 0 Å². The summed E-state index contributed by atoms with van der Waals surface area (Å²) in [6, 6.07) is 17.3. The molecule has 2 aromatic carbocycles. The summed E-state index contributed by atoms with van der Waals surface area (Å²) < 4.78 is 36.2. The van der Waals surface area contributed by atoms with E-state index in [-0.39, 0.29) is 23.0 Å². The van der Waals surface area contributed by atoms with Gasteiger partial charge in [-0.1, -0.05) is 42.5 Å². The highest BCUT2D eigenvalue weighted by molar-refractivity contribution is 7.89. The van der Waals surface area contributed by atoms with Gasteiger partial charge in [0.2, 0.25) is 0 Å². The lowest BCUT2D eigenvalue weighted by molar-refractivity contribution is -0.0635. The summed E-state index contributed by atoms with van der Waals surface area (Å²) in [7, 11) is -0.193. The molecule has 2 saturated heterocycles. The first-order valence-electron chi connectivity index (χ1n) is 13.1. The van der Waals surface area contributed by atoms with E-state index in [1.165, 1.54) is 32.5 Å². The molecule has 8 heteroatoms. The molecule has 0 radical (unpaired) electrons. The van der Waals surface area contributed by atoms with Crippen LogP contribution in [0.4, 0.5) is 0 Å². The molecule has 1 aromatic heterocycles. The second-order valence-electron chi connectivity index (χ2n) is 10.5. The monoisotopic (exact) mass is 522 g/mol. The highest BCUT2D eigenvalue weighted by Crippen LogP contribution is 2.43. The minimum absolute atomic E-state index is 0.108. The second kappa shape index (κ2) is 10.3. The van der Waals surface area contributed by atoms with Gasteiger partial charge in [0, 0.05) is 45.2 Å². The Bertz CT molecular complexity index is 1370. The Morgan fingerprint density at radius 3 is 2.43 bits per heavy atom. The van der Waals surface area contributed by atoms with Crippen molar-refractivity contribution >= 4 is 10.0 Å². The zero-order valence-corrected chi connectivity index (χ0v) is 23.3. The summed E-state index contributed by atoms with van der Waals surface area (Å²) in [4.78, 5) is 2.46. The molecule has 1 unspecified atom stereocenters. The molecular weight excluding hydrogens is 484 g/mol. The molecule has 5 rings (SSSR count). The van der Waals surface area contributed by atoms with Crippen LogP contribution < -0.4 is 0 Å². The van der Waals surface area contributed by atoms with Crippen LogP contribution in [0.1, 0.15) is 41.1 Å². The van der Waals surface area contributed by atoms with Crippen molar-refractivity contribution in [2.24, 2.45) is 7.05 Å². The Kier molecular flexibility index (Phi) is 7.29. The van der Waals surface area contributed by atoms with Gasteiger partial charge in [0.1, 0.15) is 0 Å². The van der Waals surface area contributed by atoms with Crippen molar-refractivity contribution in [2.75, 3.05) is 33.4 Å². The number of aryl methyl sites for hydroxylation is 3. The van der Waals surface area contributed by atoms with Crippen LogP contribution in [0.15, 0.2) is 53.6 Å². The molecule has 0 bridgehead atoms. The number of fused-ring (bicyclic) bond motifs is 1. The van der Waals surface area contributed by atoms with E-state index in [4.69, 9.17) is 4.74 Å². The molecule has 2 fully saturated rings. The Morgan fingerprint density at radius 1 is 1.03 bits per heavy atom. The maximum atomic E-state index is 13.7. The van der Waals surface area contributed by atoms with Crippen LogP contribution in [0.2, 0.25) is 0 Å². The molecule has 0 saturated carbocycles. The van der Waals surface area contributed by atoms with Crippen molar-refractivity contribution in [1.29, 1.82) is 0 Å². The summed E-state index contributed by atoms with van der Waals surface area (Å²) >= 11 is 0. The standard InChI is InChI=1S/C29H38N4O3S/c1-20-9-8-10-25(22(20)3)23-11-13-24(14-12-23)29-26-18-32(15-6-7-16-33(26)27(29)19-36-5)37(34,35)28-17-21(2)30-31(28)4/h8-14,17,26-27,29H,6-7,15-16,18-19H2,1-5H3/t26?,27-,29+/m1/s1. The first-order chi connectivity index (χ1) is 17.7. The first-order valence-corrected chi connectivity index (χ1v) is 14.6. The van der Waals surface area contributed by atoms with Crippen molar-refractivity contribution in [3.63, 3.8) is 0 Å². The molecule has 2 aliphatic heterocycles. The number of nitrogens with zero attached hydrogens (tertiary/aromatic N) is 4. The van der Waals surface area contributed by atoms with Gasteiger partial charge < -0.3 is 4.74 Å². The maximum Gasteiger partial charge on any atom is 0.260 e. The van der Waals surface area contributed by atoms with Gasteiger partial charge in [-0.25, -0.2) is 8.42 Å². The maximum absolute atomic E-state index is 13.7. The van der Waals surface area contributed by atoms with Gasteiger partial charge in [0.15, 0.2) is 5.03 Å². The average Bonchev–Trinajstić information content (AvgIpc) is 3.21. The third kappa shape index (κ3) is 4.76. The fourth-order valence-corrected chi connectivity index (χ4v) is 7.87. The Labute approximate surface area is 221 Å². The van der Waals surface area contributed by atoms with E-state index >= 15 is 0 Å². The zero-order valence-electron chi connectivity index (χ0n) is 22.5. The van der Waals surface area contributed by atoms with Crippen LogP contribution in [0, 0.1) is 20.8 Å². The summed E-state index contributed by atoms with van der Waals surface area (Å²) in [5.41, 5.74) is 7.00. The van der Waals surface area contributed by atoms with E-state index in [2.05, 4.69) is 66.3 Å². The highest BCUT2D eigenvalue weighted by Gasteiger charge is 2.50. The van der Waals surface area contributed by atoms with Gasteiger partial charge in [-0.3, -0.25) is 9.58 Å². The Balaban J connectivity index is 1.45. The molecule has 0 spiro atoms. The van der Waals surface area contributed by atoms with E-state index < -0.39 is 10.0 Å². The van der Waals surface area contributed by atoms with Crippen LogP contribution in [0.3, 0.4) is 0 Å². The number of hydrogen-bond acceptors (Lipinski definition) is 5. The Morgan fingerprint density at radius 2 is 1.76 bits per heavy atom. The van der Waals surface area contributed by atoms with Crippen molar-refractivity contribution in [3.05, 3.63) is 70.9 Å². The largest absolute Gasteiger partial charge is 0.383 e. The predicted octanol–water partition coefficient (Wildman–Crippen LogP) is 4.28. The number of sulfonamides is 1. The molecule has 0 amide bonds. The molecule has 0 aliphatic carbocycles. The minimum Gasteiger partial charge on any atom is -0.383 e. The number of benzene rings is 2. The van der Waals surface area contributed by atoms with Crippen LogP contribution in [-0.4, -0.2) is 72.8 Å². The zero-order chi connectivity index (χ0) is 26.3. The first kappa shape index (κ1) is 26.1. The number of rotatable bonds is 6. The lowest BCUT2D eigenvalue weighted by atomic mass is 9.74. The summed E-state index contributed by atoms with van der Waals surface area (Å²) in [6.07, 6.45) is 1.81. The van der Waals surface area contributed by atoms with Gasteiger partial charge in [0.25, 0.3) is 10.0 Å². The van der Waals surface area contributed by atoms with Crippen molar-refractivity contribution < 1.29 is 13.2 Å². The Hall–Kier alpha value is -2.52. The van der Waals surface area contributed by atoms with Gasteiger partial charge in [0.05, 0.1) is 12.3 Å². The molecule has 198 valence electrons. The molecule has 3 heterocycles. The molecular formula is C29H38N4O3S. The molecule has 3 atom stereocenters. The van der Waals surface area contributed by atoms with Crippen molar-refractivity contribution in [1.82, 2.24) is 19.0 Å². The normalized spacial score (nSPS) is 23.2. The van der Waals surface area contributed by atoms with Gasteiger partial charge in [-0.15, -0.1) is 0 Å². The summed E-state index contributed by atoms with van der Waals surface area (Å²) in [6.45, 7) is 8.74. The van der Waals surface area contributed by atoms with E-state index in [1.807, 2.05) is 6.92 Å². The van der Waals surface area contributed by atoms with Crippen molar-refractivity contribution in [2.45, 2.75) is 56.6 Å². The fraction of sp³-hybridized carbons (Fsp3) is 0.483. The van der Waals surface area contributed by atoms with E-state index in [0.717, 1.165) is 19.4 Å². The molecule has 2 aliphatic rings. The number of aromatic nitrogens is 2. The van der Waals surface area contributed by atoms with Gasteiger partial charge >= 0.3 is 0 Å². The predicted molar refractivity (Wildman–Crippen MR) is 146 cm³/mol. The van der Waals surface area contributed by atoms with Gasteiger partial charge in [-0.2, -0.15) is 9.40 Å². The molecule has 37 heavy (non-hydrogen) atoms. The number of hydrogen-bond donors (Lipinski definition) is 0. The van der Waals surface area contributed by atoms with E-state index in [0.29, 0.717) is 25.4 Å². The van der Waals surface area contributed by atoms with Gasteiger partial charge in [-0.05, 0) is 74.0 Å². The lowest BCUT2D eigenvalue weighted by Crippen LogP contribution is -2.68. The number of methoxy groups -OCH3 is 1. The molecule has 7 nitrogen and oxygen atoms in total. The van der Waals surface area contributed by atoms with E-state index in [1.54, 1.807) is 24.5 Å². The fourth-order valence-electron chi connectivity index (χ4n) is 6.19.